The predicted octanol–water partition coefficient (Wildman–Crippen LogP) is 2.07. The lowest BCUT2D eigenvalue weighted by Crippen LogP contribution is -2.05. The SMILES string of the molecule is CS(=O)(=O)c1ccc(Cn2c(N)nc3ccccc32)cc1. The monoisotopic (exact) mass is 301 g/mol. The van der Waals surface area contributed by atoms with Crippen molar-refractivity contribution < 1.29 is 8.42 Å². The maximum atomic E-state index is 11.5. The normalized spacial score (nSPS) is 11.9. The summed E-state index contributed by atoms with van der Waals surface area (Å²) in [6, 6.07) is 14.5. The van der Waals surface area contributed by atoms with Gasteiger partial charge in [0.25, 0.3) is 0 Å². The van der Waals surface area contributed by atoms with E-state index in [1.54, 1.807) is 24.3 Å². The number of nitrogens with two attached hydrogens (primary N) is 1. The number of benzene rings is 2. The van der Waals surface area contributed by atoms with Crippen LogP contribution >= 0.6 is 0 Å². The summed E-state index contributed by atoms with van der Waals surface area (Å²) < 4.78 is 24.8. The fourth-order valence-corrected chi connectivity index (χ4v) is 2.92. The van der Waals surface area contributed by atoms with Gasteiger partial charge in [-0.1, -0.05) is 24.3 Å². The number of anilines is 1. The smallest absolute Gasteiger partial charge is 0.201 e. The van der Waals surface area contributed by atoms with Crippen molar-refractivity contribution in [3.63, 3.8) is 0 Å². The number of nitrogen functional groups attached to an aromatic ring is 1. The summed E-state index contributed by atoms with van der Waals surface area (Å²) in [5, 5.41) is 0. The first kappa shape index (κ1) is 13.6. The Hall–Kier alpha value is -2.34. The maximum absolute atomic E-state index is 11.5. The lowest BCUT2D eigenvalue weighted by Gasteiger charge is -2.07. The van der Waals surface area contributed by atoms with Crippen LogP contribution in [0.5, 0.6) is 0 Å². The van der Waals surface area contributed by atoms with Crippen LogP contribution in [0.3, 0.4) is 0 Å². The summed E-state index contributed by atoms with van der Waals surface area (Å²) in [6.45, 7) is 0.552. The van der Waals surface area contributed by atoms with E-state index in [0.717, 1.165) is 16.6 Å². The molecule has 0 amide bonds. The Balaban J connectivity index is 1.97. The van der Waals surface area contributed by atoms with Crippen LogP contribution in [-0.2, 0) is 16.4 Å². The summed E-state index contributed by atoms with van der Waals surface area (Å²) in [7, 11) is -3.17. The van der Waals surface area contributed by atoms with Crippen LogP contribution in [0.15, 0.2) is 53.4 Å². The van der Waals surface area contributed by atoms with Gasteiger partial charge >= 0.3 is 0 Å². The lowest BCUT2D eigenvalue weighted by molar-refractivity contribution is 0.602. The van der Waals surface area contributed by atoms with Crippen molar-refractivity contribution in [2.24, 2.45) is 0 Å². The molecule has 0 aliphatic rings. The van der Waals surface area contributed by atoms with Crippen LogP contribution in [-0.4, -0.2) is 24.2 Å². The zero-order chi connectivity index (χ0) is 15.0. The minimum Gasteiger partial charge on any atom is -0.369 e. The molecule has 21 heavy (non-hydrogen) atoms. The second-order valence-electron chi connectivity index (χ2n) is 4.96. The second-order valence-corrected chi connectivity index (χ2v) is 6.98. The molecule has 5 nitrogen and oxygen atoms in total. The molecule has 1 aromatic heterocycles. The first-order chi connectivity index (χ1) is 9.95. The van der Waals surface area contributed by atoms with E-state index in [1.165, 1.54) is 6.26 Å². The van der Waals surface area contributed by atoms with Gasteiger partial charge in [0.1, 0.15) is 0 Å². The standard InChI is InChI=1S/C15H15N3O2S/c1-21(19,20)12-8-6-11(7-9-12)10-18-14-5-3-2-4-13(14)17-15(18)16/h2-9H,10H2,1H3,(H2,16,17). The summed E-state index contributed by atoms with van der Waals surface area (Å²) in [5.74, 6) is 0.448. The molecule has 2 N–H and O–H groups in total. The molecule has 0 fully saturated rings. The van der Waals surface area contributed by atoms with Crippen molar-refractivity contribution in [3.8, 4) is 0 Å². The van der Waals surface area contributed by atoms with E-state index in [-0.39, 0.29) is 0 Å². The van der Waals surface area contributed by atoms with Crippen LogP contribution in [0, 0.1) is 0 Å². The molecule has 3 rings (SSSR count). The molecule has 0 atom stereocenters. The largest absolute Gasteiger partial charge is 0.369 e. The minimum atomic E-state index is -3.17. The molecular weight excluding hydrogens is 286 g/mol. The Kier molecular flexibility index (Phi) is 3.17. The third kappa shape index (κ3) is 2.62. The number of fused-ring (bicyclic) bond motifs is 1. The summed E-state index contributed by atoms with van der Waals surface area (Å²) >= 11 is 0. The molecule has 0 spiro atoms. The van der Waals surface area contributed by atoms with E-state index in [9.17, 15) is 8.42 Å². The zero-order valence-electron chi connectivity index (χ0n) is 11.5. The Labute approximate surface area is 123 Å². The quantitative estimate of drug-likeness (QED) is 0.803. The topological polar surface area (TPSA) is 78.0 Å². The van der Waals surface area contributed by atoms with Crippen molar-refractivity contribution in [1.29, 1.82) is 0 Å². The number of rotatable bonds is 3. The van der Waals surface area contributed by atoms with Crippen molar-refractivity contribution in [1.82, 2.24) is 9.55 Å². The van der Waals surface area contributed by atoms with Gasteiger partial charge in [-0.05, 0) is 29.8 Å². The number of para-hydroxylation sites is 2. The number of hydrogen-bond acceptors (Lipinski definition) is 4. The summed E-state index contributed by atoms with van der Waals surface area (Å²) in [5.41, 5.74) is 8.74. The number of sulfone groups is 1. The molecule has 0 saturated carbocycles. The van der Waals surface area contributed by atoms with E-state index in [0.29, 0.717) is 17.4 Å². The van der Waals surface area contributed by atoms with Crippen LogP contribution in [0.2, 0.25) is 0 Å². The first-order valence-corrected chi connectivity index (χ1v) is 8.34. The van der Waals surface area contributed by atoms with E-state index in [4.69, 9.17) is 5.73 Å². The van der Waals surface area contributed by atoms with Gasteiger partial charge in [-0.15, -0.1) is 0 Å². The van der Waals surface area contributed by atoms with Crippen molar-refractivity contribution in [2.45, 2.75) is 11.4 Å². The highest BCUT2D eigenvalue weighted by atomic mass is 32.2. The highest BCUT2D eigenvalue weighted by Crippen LogP contribution is 2.19. The first-order valence-electron chi connectivity index (χ1n) is 6.45. The Bertz CT molecular complexity index is 896. The molecule has 0 bridgehead atoms. The fourth-order valence-electron chi connectivity index (χ4n) is 2.28. The number of aromatic nitrogens is 2. The van der Waals surface area contributed by atoms with Gasteiger partial charge in [0.05, 0.1) is 22.5 Å². The van der Waals surface area contributed by atoms with Gasteiger partial charge in [-0.25, -0.2) is 13.4 Å². The molecule has 0 aliphatic heterocycles. The van der Waals surface area contributed by atoms with Crippen LogP contribution in [0.4, 0.5) is 5.95 Å². The molecule has 108 valence electrons. The van der Waals surface area contributed by atoms with Crippen molar-refractivity contribution in [3.05, 3.63) is 54.1 Å². The molecule has 0 radical (unpaired) electrons. The molecule has 1 heterocycles. The zero-order valence-corrected chi connectivity index (χ0v) is 12.3. The Morgan fingerprint density at radius 1 is 1.10 bits per heavy atom. The Morgan fingerprint density at radius 3 is 2.43 bits per heavy atom. The lowest BCUT2D eigenvalue weighted by atomic mass is 10.2. The van der Waals surface area contributed by atoms with Gasteiger partial charge < -0.3 is 10.3 Å². The highest BCUT2D eigenvalue weighted by molar-refractivity contribution is 7.90. The molecule has 3 aromatic rings. The molecule has 0 saturated heterocycles. The highest BCUT2D eigenvalue weighted by Gasteiger charge is 2.09. The van der Waals surface area contributed by atoms with Crippen LogP contribution in [0.25, 0.3) is 11.0 Å². The number of hydrogen-bond donors (Lipinski definition) is 1. The average Bonchev–Trinajstić information content (AvgIpc) is 2.75. The van der Waals surface area contributed by atoms with E-state index >= 15 is 0 Å². The van der Waals surface area contributed by atoms with Gasteiger partial charge in [0.2, 0.25) is 5.95 Å². The number of nitrogens with zero attached hydrogens (tertiary/aromatic N) is 2. The molecule has 0 unspecified atom stereocenters. The maximum Gasteiger partial charge on any atom is 0.201 e. The third-order valence-corrected chi connectivity index (χ3v) is 4.50. The summed E-state index contributed by atoms with van der Waals surface area (Å²) in [6.07, 6.45) is 1.20. The van der Waals surface area contributed by atoms with Gasteiger partial charge in [0.15, 0.2) is 9.84 Å². The van der Waals surface area contributed by atoms with Crippen molar-refractivity contribution in [2.75, 3.05) is 12.0 Å². The molecule has 0 aliphatic carbocycles. The van der Waals surface area contributed by atoms with Crippen LogP contribution < -0.4 is 5.73 Å². The summed E-state index contributed by atoms with van der Waals surface area (Å²) in [4.78, 5) is 4.63. The Morgan fingerprint density at radius 2 is 1.76 bits per heavy atom. The minimum absolute atomic E-state index is 0.315. The van der Waals surface area contributed by atoms with E-state index in [1.807, 2.05) is 28.8 Å². The van der Waals surface area contributed by atoms with Gasteiger partial charge in [-0.2, -0.15) is 0 Å². The predicted molar refractivity (Wildman–Crippen MR) is 82.8 cm³/mol. The average molecular weight is 301 g/mol. The second kappa shape index (κ2) is 4.89. The number of imidazole rings is 1. The van der Waals surface area contributed by atoms with Gasteiger partial charge in [-0.3, -0.25) is 0 Å². The molecule has 6 heteroatoms. The molecule has 2 aromatic carbocycles. The van der Waals surface area contributed by atoms with Crippen LogP contribution in [0.1, 0.15) is 5.56 Å². The molecular formula is C15H15N3O2S. The third-order valence-electron chi connectivity index (χ3n) is 3.38. The fraction of sp³-hybridized carbons (Fsp3) is 0.133. The van der Waals surface area contributed by atoms with Crippen molar-refractivity contribution >= 4 is 26.8 Å². The van der Waals surface area contributed by atoms with E-state index in [2.05, 4.69) is 4.98 Å². The van der Waals surface area contributed by atoms with Gasteiger partial charge in [0, 0.05) is 6.26 Å². The van der Waals surface area contributed by atoms with E-state index < -0.39 is 9.84 Å².